The van der Waals surface area contributed by atoms with Crippen LogP contribution in [-0.2, 0) is 14.9 Å². The van der Waals surface area contributed by atoms with E-state index >= 15 is 0 Å². The summed E-state index contributed by atoms with van der Waals surface area (Å²) in [5.41, 5.74) is 3.78. The summed E-state index contributed by atoms with van der Waals surface area (Å²) >= 11 is 1.28. The van der Waals surface area contributed by atoms with E-state index in [-0.39, 0.29) is 18.5 Å². The van der Waals surface area contributed by atoms with E-state index in [2.05, 4.69) is 24.3 Å². The van der Waals surface area contributed by atoms with Crippen LogP contribution in [0.3, 0.4) is 0 Å². The Hall–Kier alpha value is -2.47. The highest BCUT2D eigenvalue weighted by Gasteiger charge is 2.45. The van der Waals surface area contributed by atoms with Gasteiger partial charge in [-0.15, -0.1) is 0 Å². The third kappa shape index (κ3) is 4.13. The van der Waals surface area contributed by atoms with E-state index in [0.29, 0.717) is 18.8 Å². The van der Waals surface area contributed by atoms with E-state index in [1.165, 1.54) is 11.8 Å². The summed E-state index contributed by atoms with van der Waals surface area (Å²) < 4.78 is 10.5. The topological polar surface area (TPSA) is 55.8 Å². The highest BCUT2D eigenvalue weighted by atomic mass is 32.2. The molecule has 0 aromatic heterocycles. The van der Waals surface area contributed by atoms with Gasteiger partial charge >= 0.3 is 6.16 Å². The number of thioether (sulfide) groups is 1. The minimum atomic E-state index is -0.686. The Morgan fingerprint density at radius 1 is 0.897 bits per heavy atom. The van der Waals surface area contributed by atoms with Gasteiger partial charge in [0, 0.05) is 18.8 Å². The minimum absolute atomic E-state index is 0.0346. The Labute approximate surface area is 176 Å². The van der Waals surface area contributed by atoms with Crippen LogP contribution in [0.2, 0.25) is 0 Å². The number of nitrogens with zero attached hydrogens (tertiary/aromatic N) is 1. The van der Waals surface area contributed by atoms with Crippen molar-refractivity contribution in [2.45, 2.75) is 26.2 Å². The standard InChI is InChI=1S/C23H27NO4S/c1-4-24(5-2)21(25)29-16-23(15-28-22(26)27-6-3)19-13-9-7-11-17(19)18-12-8-10-14-20(18)23/h7-14H,4-6,15-16H2,1-3H3. The number of ether oxygens (including phenoxy) is 2. The van der Waals surface area contributed by atoms with Crippen molar-refractivity contribution in [1.82, 2.24) is 4.90 Å². The van der Waals surface area contributed by atoms with Crippen LogP contribution in [0.4, 0.5) is 9.59 Å². The molecule has 3 rings (SSSR count). The lowest BCUT2D eigenvalue weighted by atomic mass is 9.81. The van der Waals surface area contributed by atoms with Crippen molar-refractivity contribution in [3.8, 4) is 11.1 Å². The normalized spacial score (nSPS) is 13.3. The van der Waals surface area contributed by atoms with Gasteiger partial charge in [-0.2, -0.15) is 0 Å². The van der Waals surface area contributed by atoms with Crippen molar-refractivity contribution in [2.75, 3.05) is 32.1 Å². The molecule has 1 aliphatic carbocycles. The summed E-state index contributed by atoms with van der Waals surface area (Å²) in [7, 11) is 0. The van der Waals surface area contributed by atoms with Gasteiger partial charge in [-0.25, -0.2) is 4.79 Å². The largest absolute Gasteiger partial charge is 0.508 e. The molecule has 0 atom stereocenters. The van der Waals surface area contributed by atoms with Gasteiger partial charge in [-0.1, -0.05) is 60.3 Å². The number of carbonyl (C=O) groups excluding carboxylic acids is 2. The Morgan fingerprint density at radius 3 is 1.97 bits per heavy atom. The molecule has 0 radical (unpaired) electrons. The molecule has 0 saturated carbocycles. The minimum Gasteiger partial charge on any atom is -0.435 e. The Morgan fingerprint density at radius 2 is 1.45 bits per heavy atom. The second-order valence-corrected chi connectivity index (χ2v) is 7.80. The van der Waals surface area contributed by atoms with E-state index in [1.54, 1.807) is 11.8 Å². The molecule has 0 spiro atoms. The molecule has 29 heavy (non-hydrogen) atoms. The fourth-order valence-electron chi connectivity index (χ4n) is 3.87. The number of carbonyl (C=O) groups is 2. The van der Waals surface area contributed by atoms with Crippen LogP contribution in [0.1, 0.15) is 31.9 Å². The zero-order chi connectivity index (χ0) is 20.9. The first-order valence-corrected chi connectivity index (χ1v) is 11.0. The van der Waals surface area contributed by atoms with Crippen molar-refractivity contribution < 1.29 is 19.1 Å². The third-order valence-electron chi connectivity index (χ3n) is 5.34. The molecule has 2 aromatic carbocycles. The Balaban J connectivity index is 1.99. The van der Waals surface area contributed by atoms with Gasteiger partial charge < -0.3 is 14.4 Å². The zero-order valence-electron chi connectivity index (χ0n) is 17.1. The van der Waals surface area contributed by atoms with Gasteiger partial charge in [0.05, 0.1) is 12.0 Å². The molecule has 0 heterocycles. The maximum Gasteiger partial charge on any atom is 0.508 e. The fourth-order valence-corrected chi connectivity index (χ4v) is 5.07. The van der Waals surface area contributed by atoms with Gasteiger partial charge in [-0.05, 0) is 43.0 Å². The molecule has 0 aliphatic heterocycles. The maximum absolute atomic E-state index is 12.7. The van der Waals surface area contributed by atoms with Gasteiger partial charge in [0.1, 0.15) is 6.61 Å². The van der Waals surface area contributed by atoms with E-state index in [0.717, 1.165) is 22.3 Å². The number of fused-ring (bicyclic) bond motifs is 3. The van der Waals surface area contributed by atoms with Crippen molar-refractivity contribution >= 4 is 23.2 Å². The average Bonchev–Trinajstić information content (AvgIpc) is 3.03. The Bertz CT molecular complexity index is 833. The molecular formula is C23H27NO4S. The summed E-state index contributed by atoms with van der Waals surface area (Å²) in [6, 6.07) is 16.3. The summed E-state index contributed by atoms with van der Waals surface area (Å²) in [5.74, 6) is 0.482. The van der Waals surface area contributed by atoms with Crippen LogP contribution < -0.4 is 0 Å². The second kappa shape index (κ2) is 9.35. The number of hydrogen-bond acceptors (Lipinski definition) is 5. The molecule has 2 aromatic rings. The monoisotopic (exact) mass is 413 g/mol. The van der Waals surface area contributed by atoms with Crippen molar-refractivity contribution in [2.24, 2.45) is 0 Å². The van der Waals surface area contributed by atoms with Crippen LogP contribution in [0.15, 0.2) is 48.5 Å². The summed E-state index contributed by atoms with van der Waals surface area (Å²) in [6.07, 6.45) is -0.686. The van der Waals surface area contributed by atoms with Gasteiger partial charge in [0.2, 0.25) is 0 Å². The van der Waals surface area contributed by atoms with Gasteiger partial charge in [0.25, 0.3) is 5.24 Å². The quantitative estimate of drug-likeness (QED) is 0.575. The first-order chi connectivity index (χ1) is 14.1. The average molecular weight is 414 g/mol. The van der Waals surface area contributed by atoms with Crippen molar-refractivity contribution in [3.05, 3.63) is 59.7 Å². The third-order valence-corrected chi connectivity index (χ3v) is 6.48. The van der Waals surface area contributed by atoms with Crippen LogP contribution in [0, 0.1) is 0 Å². The summed E-state index contributed by atoms with van der Waals surface area (Å²) in [6.45, 7) is 7.41. The number of rotatable bonds is 7. The molecule has 0 unspecified atom stereocenters. The van der Waals surface area contributed by atoms with E-state index in [9.17, 15) is 9.59 Å². The van der Waals surface area contributed by atoms with Crippen molar-refractivity contribution in [1.29, 1.82) is 0 Å². The first kappa shape index (κ1) is 21.2. The lowest BCUT2D eigenvalue weighted by Gasteiger charge is -2.31. The predicted molar refractivity (Wildman–Crippen MR) is 116 cm³/mol. The lowest BCUT2D eigenvalue weighted by molar-refractivity contribution is 0.0492. The molecule has 0 N–H and O–H groups in total. The summed E-state index contributed by atoms with van der Waals surface area (Å²) in [5, 5.41) is 0.0346. The maximum atomic E-state index is 12.7. The second-order valence-electron chi connectivity index (χ2n) is 6.87. The molecule has 5 nitrogen and oxygen atoms in total. The number of hydrogen-bond donors (Lipinski definition) is 0. The molecule has 1 amide bonds. The number of benzene rings is 2. The van der Waals surface area contributed by atoms with Crippen molar-refractivity contribution in [3.63, 3.8) is 0 Å². The van der Waals surface area contributed by atoms with Gasteiger partial charge in [0.15, 0.2) is 0 Å². The Kier molecular flexibility index (Phi) is 6.85. The predicted octanol–water partition coefficient (Wildman–Crippen LogP) is 5.32. The zero-order valence-corrected chi connectivity index (χ0v) is 18.0. The summed E-state index contributed by atoms with van der Waals surface area (Å²) in [4.78, 5) is 26.5. The molecule has 0 saturated heterocycles. The van der Waals surface area contributed by atoms with Crippen LogP contribution in [-0.4, -0.2) is 48.4 Å². The molecule has 1 aliphatic rings. The van der Waals surface area contributed by atoms with Gasteiger partial charge in [-0.3, -0.25) is 4.79 Å². The molecule has 154 valence electrons. The molecular weight excluding hydrogens is 386 g/mol. The molecule has 0 bridgehead atoms. The molecule has 0 fully saturated rings. The highest BCUT2D eigenvalue weighted by molar-refractivity contribution is 8.13. The highest BCUT2D eigenvalue weighted by Crippen LogP contribution is 2.50. The van der Waals surface area contributed by atoms with E-state index in [4.69, 9.17) is 9.47 Å². The smallest absolute Gasteiger partial charge is 0.435 e. The van der Waals surface area contributed by atoms with Crippen LogP contribution in [0.5, 0.6) is 0 Å². The lowest BCUT2D eigenvalue weighted by Crippen LogP contribution is -2.37. The fraction of sp³-hybridized carbons (Fsp3) is 0.391. The van der Waals surface area contributed by atoms with E-state index in [1.807, 2.05) is 38.1 Å². The molecule has 6 heteroatoms. The SMILES string of the molecule is CCOC(=O)OCC1(CSC(=O)N(CC)CC)c2ccccc2-c2ccccc21. The van der Waals surface area contributed by atoms with Crippen LogP contribution in [0.25, 0.3) is 11.1 Å². The van der Waals surface area contributed by atoms with E-state index < -0.39 is 11.6 Å². The number of amides is 1. The first-order valence-electron chi connectivity index (χ1n) is 9.98. The van der Waals surface area contributed by atoms with Crippen LogP contribution >= 0.6 is 11.8 Å².